The summed E-state index contributed by atoms with van der Waals surface area (Å²) in [5.74, 6) is 1.17. The van der Waals surface area contributed by atoms with Crippen LogP contribution in [-0.4, -0.2) is 35.2 Å². The van der Waals surface area contributed by atoms with E-state index in [1.165, 1.54) is 12.0 Å². The summed E-state index contributed by atoms with van der Waals surface area (Å²) < 4.78 is 10.9. The van der Waals surface area contributed by atoms with Crippen molar-refractivity contribution in [1.29, 1.82) is 0 Å². The molecule has 1 aromatic heterocycles. The Morgan fingerprint density at radius 2 is 1.84 bits per heavy atom. The van der Waals surface area contributed by atoms with Crippen molar-refractivity contribution in [2.75, 3.05) is 14.2 Å². The molecule has 0 saturated heterocycles. The first-order valence-electron chi connectivity index (χ1n) is 7.86. The molecule has 2 aromatic carbocycles. The number of carbonyl (C=O) groups is 1. The molecule has 3 aromatic rings. The van der Waals surface area contributed by atoms with Crippen LogP contribution < -0.4 is 4.74 Å². The van der Waals surface area contributed by atoms with Gasteiger partial charge >= 0.3 is 0 Å². The Kier molecular flexibility index (Phi) is 4.79. The molecule has 3 rings (SSSR count). The van der Waals surface area contributed by atoms with Crippen LogP contribution in [0.4, 0.5) is 0 Å². The van der Waals surface area contributed by atoms with E-state index in [1.807, 2.05) is 37.3 Å². The first-order valence-corrected chi connectivity index (χ1v) is 7.86. The Morgan fingerprint density at radius 1 is 1.12 bits per heavy atom. The van der Waals surface area contributed by atoms with Crippen LogP contribution in [0.25, 0.3) is 11.5 Å². The van der Waals surface area contributed by atoms with E-state index in [1.54, 1.807) is 25.2 Å². The molecule has 0 fully saturated rings. The standard InChI is InChI=1S/C19H19N3O3/c1-13-8-10-14(11-9-13)18-21-20-17(25-18)12-22(2)19(23)15-6-4-5-7-16(15)24-3/h4-11H,12H2,1-3H3. The van der Waals surface area contributed by atoms with Crippen LogP contribution in [0.3, 0.4) is 0 Å². The fourth-order valence-corrected chi connectivity index (χ4v) is 2.43. The number of hydrogen-bond donors (Lipinski definition) is 0. The van der Waals surface area contributed by atoms with Gasteiger partial charge in [0.05, 0.1) is 19.2 Å². The average Bonchev–Trinajstić information content (AvgIpc) is 3.10. The zero-order valence-electron chi connectivity index (χ0n) is 14.4. The highest BCUT2D eigenvalue weighted by atomic mass is 16.5. The molecule has 0 spiro atoms. The largest absolute Gasteiger partial charge is 0.496 e. The minimum atomic E-state index is -0.174. The molecule has 6 nitrogen and oxygen atoms in total. The lowest BCUT2D eigenvalue weighted by molar-refractivity contribution is 0.0769. The molecule has 1 amide bonds. The van der Waals surface area contributed by atoms with Gasteiger partial charge in [-0.05, 0) is 31.2 Å². The predicted octanol–water partition coefficient (Wildman–Crippen LogP) is 3.33. The fraction of sp³-hybridized carbons (Fsp3) is 0.211. The molecule has 0 aliphatic carbocycles. The van der Waals surface area contributed by atoms with Crippen molar-refractivity contribution >= 4 is 5.91 Å². The van der Waals surface area contributed by atoms with Crippen LogP contribution in [-0.2, 0) is 6.54 Å². The van der Waals surface area contributed by atoms with Crippen molar-refractivity contribution in [1.82, 2.24) is 15.1 Å². The molecule has 0 aliphatic heterocycles. The average molecular weight is 337 g/mol. The van der Waals surface area contributed by atoms with Gasteiger partial charge in [0.1, 0.15) is 5.75 Å². The van der Waals surface area contributed by atoms with Crippen molar-refractivity contribution in [3.8, 4) is 17.2 Å². The van der Waals surface area contributed by atoms with Crippen LogP contribution in [0.15, 0.2) is 52.9 Å². The van der Waals surface area contributed by atoms with Gasteiger partial charge in [-0.1, -0.05) is 29.8 Å². The van der Waals surface area contributed by atoms with Crippen LogP contribution >= 0.6 is 0 Å². The van der Waals surface area contributed by atoms with Gasteiger partial charge in [0, 0.05) is 12.6 Å². The SMILES string of the molecule is COc1ccccc1C(=O)N(C)Cc1nnc(-c2ccc(C)cc2)o1. The second-order valence-electron chi connectivity index (χ2n) is 5.73. The molecule has 0 radical (unpaired) electrons. The lowest BCUT2D eigenvalue weighted by Gasteiger charge is -2.16. The summed E-state index contributed by atoms with van der Waals surface area (Å²) in [6, 6.07) is 14.9. The number of methoxy groups -OCH3 is 1. The molecule has 0 saturated carbocycles. The van der Waals surface area contributed by atoms with Crippen molar-refractivity contribution in [2.24, 2.45) is 0 Å². The molecular weight excluding hydrogens is 318 g/mol. The zero-order chi connectivity index (χ0) is 17.8. The first kappa shape index (κ1) is 16.7. The first-order chi connectivity index (χ1) is 12.1. The molecule has 128 valence electrons. The summed E-state index contributed by atoms with van der Waals surface area (Å²) in [6.07, 6.45) is 0. The van der Waals surface area contributed by atoms with Gasteiger partial charge in [-0.25, -0.2) is 0 Å². The third kappa shape index (κ3) is 3.68. The van der Waals surface area contributed by atoms with Crippen molar-refractivity contribution in [3.05, 3.63) is 65.5 Å². The van der Waals surface area contributed by atoms with Gasteiger partial charge in [0.2, 0.25) is 11.8 Å². The normalized spacial score (nSPS) is 10.5. The zero-order valence-corrected chi connectivity index (χ0v) is 14.4. The maximum atomic E-state index is 12.6. The summed E-state index contributed by atoms with van der Waals surface area (Å²) in [5.41, 5.74) is 2.50. The molecule has 0 atom stereocenters. The molecule has 0 unspecified atom stereocenters. The summed E-state index contributed by atoms with van der Waals surface area (Å²) in [4.78, 5) is 14.1. The Labute approximate surface area is 146 Å². The minimum Gasteiger partial charge on any atom is -0.496 e. The third-order valence-corrected chi connectivity index (χ3v) is 3.82. The van der Waals surface area contributed by atoms with E-state index in [2.05, 4.69) is 10.2 Å². The van der Waals surface area contributed by atoms with E-state index in [4.69, 9.17) is 9.15 Å². The number of aryl methyl sites for hydroxylation is 1. The van der Waals surface area contributed by atoms with Crippen LogP contribution in [0, 0.1) is 6.92 Å². The Hall–Kier alpha value is -3.15. The topological polar surface area (TPSA) is 68.5 Å². The van der Waals surface area contributed by atoms with Crippen molar-refractivity contribution in [2.45, 2.75) is 13.5 Å². The number of benzene rings is 2. The summed E-state index contributed by atoms with van der Waals surface area (Å²) in [6.45, 7) is 2.23. The Morgan fingerprint density at radius 3 is 2.56 bits per heavy atom. The number of nitrogens with zero attached hydrogens (tertiary/aromatic N) is 3. The summed E-state index contributed by atoms with van der Waals surface area (Å²) >= 11 is 0. The molecule has 1 heterocycles. The van der Waals surface area contributed by atoms with E-state index in [9.17, 15) is 4.79 Å². The van der Waals surface area contributed by atoms with E-state index in [-0.39, 0.29) is 12.5 Å². The lowest BCUT2D eigenvalue weighted by atomic mass is 10.1. The second kappa shape index (κ2) is 7.17. The fourth-order valence-electron chi connectivity index (χ4n) is 2.43. The Balaban J connectivity index is 1.74. The molecule has 0 aliphatic rings. The number of carbonyl (C=O) groups excluding carboxylic acids is 1. The number of aromatic nitrogens is 2. The number of rotatable bonds is 5. The second-order valence-corrected chi connectivity index (χ2v) is 5.73. The minimum absolute atomic E-state index is 0.174. The number of amides is 1. The lowest BCUT2D eigenvalue weighted by Crippen LogP contribution is -2.26. The van der Waals surface area contributed by atoms with Gasteiger partial charge in [-0.15, -0.1) is 10.2 Å². The van der Waals surface area contributed by atoms with Crippen molar-refractivity contribution < 1.29 is 13.9 Å². The molecule has 0 bridgehead atoms. The Bertz CT molecular complexity index is 872. The maximum absolute atomic E-state index is 12.6. The van der Waals surface area contributed by atoms with Gasteiger partial charge in [-0.3, -0.25) is 4.79 Å². The quantitative estimate of drug-likeness (QED) is 0.714. The van der Waals surface area contributed by atoms with E-state index >= 15 is 0 Å². The highest BCUT2D eigenvalue weighted by Gasteiger charge is 2.18. The van der Waals surface area contributed by atoms with E-state index < -0.39 is 0 Å². The number of hydrogen-bond acceptors (Lipinski definition) is 5. The summed E-state index contributed by atoms with van der Waals surface area (Å²) in [7, 11) is 3.22. The predicted molar refractivity (Wildman–Crippen MR) is 93.3 cm³/mol. The van der Waals surface area contributed by atoms with Gasteiger partial charge < -0.3 is 14.1 Å². The van der Waals surface area contributed by atoms with Gasteiger partial charge in [-0.2, -0.15) is 0 Å². The van der Waals surface area contributed by atoms with E-state index in [0.29, 0.717) is 23.1 Å². The van der Waals surface area contributed by atoms with Gasteiger partial charge in [0.15, 0.2) is 0 Å². The highest BCUT2D eigenvalue weighted by Crippen LogP contribution is 2.21. The monoisotopic (exact) mass is 337 g/mol. The third-order valence-electron chi connectivity index (χ3n) is 3.82. The van der Waals surface area contributed by atoms with Crippen molar-refractivity contribution in [3.63, 3.8) is 0 Å². The maximum Gasteiger partial charge on any atom is 0.257 e. The van der Waals surface area contributed by atoms with E-state index in [0.717, 1.165) is 11.1 Å². The van der Waals surface area contributed by atoms with Crippen LogP contribution in [0.5, 0.6) is 5.75 Å². The van der Waals surface area contributed by atoms with Crippen LogP contribution in [0.1, 0.15) is 21.8 Å². The smallest absolute Gasteiger partial charge is 0.257 e. The molecular formula is C19H19N3O3. The van der Waals surface area contributed by atoms with Gasteiger partial charge in [0.25, 0.3) is 5.91 Å². The van der Waals surface area contributed by atoms with Crippen LogP contribution in [0.2, 0.25) is 0 Å². The molecule has 6 heteroatoms. The molecule has 25 heavy (non-hydrogen) atoms. The summed E-state index contributed by atoms with van der Waals surface area (Å²) in [5, 5.41) is 8.09. The molecule has 0 N–H and O–H groups in total. The number of para-hydroxylation sites is 1. The number of ether oxygens (including phenoxy) is 1. The highest BCUT2D eigenvalue weighted by molar-refractivity contribution is 5.96.